The molecule has 0 aromatic carbocycles. The molecule has 12 heteroatoms. The molecule has 4 heterocycles. The van der Waals surface area contributed by atoms with E-state index in [1.807, 2.05) is 0 Å². The number of aromatic nitrogens is 3. The zero-order valence-electron chi connectivity index (χ0n) is 16.0. The predicted octanol–water partition coefficient (Wildman–Crippen LogP) is 0.00210. The number of rotatable bonds is 3. The first-order valence-electron chi connectivity index (χ1n) is 9.70. The monoisotopic (exact) mass is 414 g/mol. The second-order valence-corrected chi connectivity index (χ2v) is 7.16. The van der Waals surface area contributed by atoms with Gasteiger partial charge in [0.1, 0.15) is 0 Å². The molecule has 6 amide bonds. The molecule has 1 aromatic rings. The summed E-state index contributed by atoms with van der Waals surface area (Å²) in [5.41, 5.74) is 0. The van der Waals surface area contributed by atoms with Gasteiger partial charge in [-0.3, -0.25) is 28.8 Å². The molecule has 0 radical (unpaired) electrons. The molecule has 0 aliphatic carbocycles. The van der Waals surface area contributed by atoms with Crippen LogP contribution in [0.25, 0.3) is 0 Å². The van der Waals surface area contributed by atoms with Crippen LogP contribution in [0.1, 0.15) is 57.8 Å². The molecule has 156 valence electrons. The number of nitrogens with zero attached hydrogens (tertiary/aromatic N) is 6. The molecule has 0 atom stereocenters. The Bertz CT molecular complexity index is 807. The van der Waals surface area contributed by atoms with Gasteiger partial charge in [-0.25, -0.2) is 14.7 Å². The summed E-state index contributed by atoms with van der Waals surface area (Å²) in [7, 11) is 0. The molecule has 3 fully saturated rings. The lowest BCUT2D eigenvalue weighted by Gasteiger charge is -2.28. The molecule has 3 aliphatic rings. The first-order valence-corrected chi connectivity index (χ1v) is 9.70. The number of carbonyl (C=O) groups is 6. The highest BCUT2D eigenvalue weighted by Gasteiger charge is 2.37. The van der Waals surface area contributed by atoms with Crippen LogP contribution < -0.4 is 14.7 Å². The standard InChI is InChI=1S/C18H18N6O6/c25-10-4-1-5-11(26)22(10)16-19-17(23-12(27)6-2-7-13(23)28)21-18(20-16)24-14(29)8-3-9-15(24)30/h1-9H2. The molecule has 0 N–H and O–H groups in total. The van der Waals surface area contributed by atoms with Gasteiger partial charge in [0.2, 0.25) is 53.3 Å². The fourth-order valence-electron chi connectivity index (χ4n) is 3.57. The van der Waals surface area contributed by atoms with Crippen LogP contribution >= 0.6 is 0 Å². The molecular weight excluding hydrogens is 396 g/mol. The summed E-state index contributed by atoms with van der Waals surface area (Å²) < 4.78 is 0. The van der Waals surface area contributed by atoms with E-state index in [-0.39, 0.29) is 38.5 Å². The van der Waals surface area contributed by atoms with E-state index in [2.05, 4.69) is 15.0 Å². The Morgan fingerprint density at radius 3 is 0.800 bits per heavy atom. The van der Waals surface area contributed by atoms with Crippen LogP contribution in [0.15, 0.2) is 0 Å². The molecule has 3 saturated heterocycles. The van der Waals surface area contributed by atoms with Crippen molar-refractivity contribution in [1.29, 1.82) is 0 Å². The predicted molar refractivity (Wildman–Crippen MR) is 98.9 cm³/mol. The number of anilines is 3. The topological polar surface area (TPSA) is 151 Å². The van der Waals surface area contributed by atoms with E-state index in [1.165, 1.54) is 0 Å². The average Bonchev–Trinajstić information content (AvgIpc) is 2.67. The van der Waals surface area contributed by atoms with E-state index in [4.69, 9.17) is 0 Å². The van der Waals surface area contributed by atoms with Gasteiger partial charge in [0.05, 0.1) is 0 Å². The summed E-state index contributed by atoms with van der Waals surface area (Å²) in [6.45, 7) is 0. The van der Waals surface area contributed by atoms with E-state index >= 15 is 0 Å². The number of imide groups is 3. The maximum Gasteiger partial charge on any atom is 0.245 e. The summed E-state index contributed by atoms with van der Waals surface area (Å²) in [6.07, 6.45) is 1.67. The summed E-state index contributed by atoms with van der Waals surface area (Å²) in [5.74, 6) is -4.57. The van der Waals surface area contributed by atoms with Crippen LogP contribution in [-0.2, 0) is 28.8 Å². The molecule has 0 spiro atoms. The smallest absolute Gasteiger partial charge is 0.245 e. The van der Waals surface area contributed by atoms with Crippen LogP contribution in [-0.4, -0.2) is 50.4 Å². The van der Waals surface area contributed by atoms with Crippen LogP contribution in [0.2, 0.25) is 0 Å². The Morgan fingerprint density at radius 2 is 0.600 bits per heavy atom. The highest BCUT2D eigenvalue weighted by Crippen LogP contribution is 2.27. The second kappa shape index (κ2) is 7.69. The van der Waals surface area contributed by atoms with Gasteiger partial charge in [-0.05, 0) is 19.3 Å². The SMILES string of the molecule is O=C1CCCC(=O)N1c1nc(N2C(=O)CCCC2=O)nc(N2C(=O)CCCC2=O)n1. The molecule has 30 heavy (non-hydrogen) atoms. The lowest BCUT2D eigenvalue weighted by molar-refractivity contribution is -0.130. The van der Waals surface area contributed by atoms with Crippen molar-refractivity contribution in [3.63, 3.8) is 0 Å². The largest absolute Gasteiger partial charge is 0.274 e. The lowest BCUT2D eigenvalue weighted by atomic mass is 10.1. The molecule has 3 aliphatic heterocycles. The zero-order chi connectivity index (χ0) is 21.4. The maximum atomic E-state index is 12.3. The summed E-state index contributed by atoms with van der Waals surface area (Å²) >= 11 is 0. The summed E-state index contributed by atoms with van der Waals surface area (Å²) in [4.78, 5) is 88.4. The van der Waals surface area contributed by atoms with Crippen molar-refractivity contribution >= 4 is 53.3 Å². The van der Waals surface area contributed by atoms with Gasteiger partial charge < -0.3 is 0 Å². The molecule has 0 bridgehead atoms. The Kier molecular flexibility index (Phi) is 5.06. The Labute approximate surface area is 170 Å². The minimum absolute atomic E-state index is 0.0885. The fourth-order valence-corrected chi connectivity index (χ4v) is 3.57. The molecule has 1 aromatic heterocycles. The Morgan fingerprint density at radius 1 is 0.400 bits per heavy atom. The minimum Gasteiger partial charge on any atom is -0.274 e. The van der Waals surface area contributed by atoms with Crippen molar-refractivity contribution in [2.75, 3.05) is 14.7 Å². The van der Waals surface area contributed by atoms with E-state index in [9.17, 15) is 28.8 Å². The van der Waals surface area contributed by atoms with Crippen LogP contribution in [0.5, 0.6) is 0 Å². The van der Waals surface area contributed by atoms with E-state index in [1.54, 1.807) is 0 Å². The number of carbonyl (C=O) groups excluding carboxylic acids is 6. The number of amides is 6. The fraction of sp³-hybridized carbons (Fsp3) is 0.500. The highest BCUT2D eigenvalue weighted by molar-refractivity contribution is 6.18. The minimum atomic E-state index is -0.554. The highest BCUT2D eigenvalue weighted by atomic mass is 16.2. The third-order valence-electron chi connectivity index (χ3n) is 5.04. The Hall–Kier alpha value is -3.57. The van der Waals surface area contributed by atoms with Gasteiger partial charge in [-0.15, -0.1) is 0 Å². The molecule has 12 nitrogen and oxygen atoms in total. The lowest BCUT2D eigenvalue weighted by Crippen LogP contribution is -2.46. The van der Waals surface area contributed by atoms with Gasteiger partial charge in [-0.1, -0.05) is 0 Å². The molecule has 0 unspecified atom stereocenters. The van der Waals surface area contributed by atoms with Crippen molar-refractivity contribution in [1.82, 2.24) is 15.0 Å². The van der Waals surface area contributed by atoms with Gasteiger partial charge in [-0.2, -0.15) is 15.0 Å². The van der Waals surface area contributed by atoms with Gasteiger partial charge in [0.15, 0.2) is 0 Å². The number of hydrogen-bond acceptors (Lipinski definition) is 9. The van der Waals surface area contributed by atoms with Gasteiger partial charge in [0.25, 0.3) is 0 Å². The number of piperidine rings is 3. The van der Waals surface area contributed by atoms with Crippen molar-refractivity contribution < 1.29 is 28.8 Å². The van der Waals surface area contributed by atoms with Crippen LogP contribution in [0.4, 0.5) is 17.8 Å². The van der Waals surface area contributed by atoms with E-state index < -0.39 is 53.3 Å². The zero-order valence-corrected chi connectivity index (χ0v) is 16.0. The van der Waals surface area contributed by atoms with E-state index in [0.29, 0.717) is 19.3 Å². The van der Waals surface area contributed by atoms with Crippen LogP contribution in [0.3, 0.4) is 0 Å². The third kappa shape index (κ3) is 3.44. The van der Waals surface area contributed by atoms with Gasteiger partial charge in [0, 0.05) is 38.5 Å². The normalized spacial score (nSPS) is 21.0. The van der Waals surface area contributed by atoms with Crippen molar-refractivity contribution in [3.8, 4) is 0 Å². The van der Waals surface area contributed by atoms with Crippen molar-refractivity contribution in [3.05, 3.63) is 0 Å². The Balaban J connectivity index is 1.85. The molecule has 0 saturated carbocycles. The van der Waals surface area contributed by atoms with Crippen molar-refractivity contribution in [2.45, 2.75) is 57.8 Å². The van der Waals surface area contributed by atoms with Crippen LogP contribution in [0, 0.1) is 0 Å². The first-order chi connectivity index (χ1) is 14.4. The molecule has 4 rings (SSSR count). The van der Waals surface area contributed by atoms with E-state index in [0.717, 1.165) is 14.7 Å². The summed E-state index contributed by atoms with van der Waals surface area (Å²) in [6, 6.07) is 0. The third-order valence-corrected chi connectivity index (χ3v) is 5.04. The second-order valence-electron chi connectivity index (χ2n) is 7.16. The van der Waals surface area contributed by atoms with Crippen molar-refractivity contribution in [2.24, 2.45) is 0 Å². The average molecular weight is 414 g/mol. The quantitative estimate of drug-likeness (QED) is 0.622. The number of hydrogen-bond donors (Lipinski definition) is 0. The first kappa shape index (κ1) is 19.7. The summed E-state index contributed by atoms with van der Waals surface area (Å²) in [5, 5.41) is 0. The maximum absolute atomic E-state index is 12.3. The van der Waals surface area contributed by atoms with Gasteiger partial charge >= 0.3 is 0 Å². The molecular formula is C18H18N6O6.